The largest absolute Gasteiger partial charge is 0.508 e. The van der Waals surface area contributed by atoms with Crippen molar-refractivity contribution in [3.63, 3.8) is 0 Å². The van der Waals surface area contributed by atoms with Crippen LogP contribution in [-0.2, 0) is 21.6 Å². The number of nitrogens with one attached hydrogen (secondary N) is 2. The molecule has 0 bridgehead atoms. The molecule has 18 heteroatoms. The minimum atomic E-state index is -0.903. The second kappa shape index (κ2) is 24.3. The maximum Gasteiger partial charge on any atom is 0.410 e. The number of carbonyl (C=O) groups is 4. The molecule has 0 atom stereocenters. The van der Waals surface area contributed by atoms with Crippen LogP contribution in [0.15, 0.2) is 127 Å². The number of benzene rings is 5. The van der Waals surface area contributed by atoms with E-state index >= 15 is 0 Å². The molecule has 8 rings (SSSR count). The molecule has 0 aliphatic carbocycles. The van der Waals surface area contributed by atoms with Crippen LogP contribution in [0.3, 0.4) is 0 Å². The number of phenolic OH excluding ortho intramolecular Hbond substituents is 1. The Morgan fingerprint density at radius 1 is 0.573 bits per heavy atom. The number of hydrogen-bond acceptors (Lipinski definition) is 13. The SMILES string of the molecule is COc1cc(O)cc(C(=O)NC2CCN(C(=O)OC(C)(C)C)CC2)c1.COc1cc(OCc2nnn(C(c3ccccc3)(c3ccccc3)c3ccccc3)n2)cc(C(=O)NC2CCN(C(=O)OC(C)(C)C)CC2)c1. The van der Waals surface area contributed by atoms with Crippen molar-refractivity contribution >= 4 is 24.0 Å². The number of tetrazole rings is 1. The molecular formula is C57H68N8O10. The number of methoxy groups -OCH3 is 2. The molecule has 0 radical (unpaired) electrons. The molecule has 6 aromatic rings. The highest BCUT2D eigenvalue weighted by atomic mass is 16.6. The van der Waals surface area contributed by atoms with Crippen molar-refractivity contribution in [2.75, 3.05) is 40.4 Å². The first-order valence-electron chi connectivity index (χ1n) is 25.1. The first-order valence-corrected chi connectivity index (χ1v) is 25.1. The lowest BCUT2D eigenvalue weighted by atomic mass is 9.77. The van der Waals surface area contributed by atoms with Crippen molar-refractivity contribution < 1.29 is 48.0 Å². The third-order valence-electron chi connectivity index (χ3n) is 12.4. The molecule has 3 heterocycles. The van der Waals surface area contributed by atoms with Gasteiger partial charge in [0.15, 0.2) is 12.1 Å². The van der Waals surface area contributed by atoms with Crippen molar-refractivity contribution in [1.29, 1.82) is 0 Å². The molecule has 2 aliphatic heterocycles. The van der Waals surface area contributed by atoms with Crippen LogP contribution in [-0.4, -0.2) is 123 Å². The van der Waals surface area contributed by atoms with Crippen LogP contribution in [0.5, 0.6) is 23.0 Å². The van der Waals surface area contributed by atoms with Crippen molar-refractivity contribution in [3.8, 4) is 23.0 Å². The van der Waals surface area contributed by atoms with E-state index in [1.165, 1.54) is 26.4 Å². The number of carbonyl (C=O) groups excluding carboxylic acids is 4. The molecule has 75 heavy (non-hydrogen) atoms. The molecule has 3 N–H and O–H groups in total. The van der Waals surface area contributed by atoms with Gasteiger partial charge in [0, 0.05) is 61.5 Å². The zero-order chi connectivity index (χ0) is 53.8. The number of ether oxygens (including phenoxy) is 5. The number of piperidine rings is 2. The number of nitrogens with zero attached hydrogens (tertiary/aromatic N) is 6. The number of amides is 4. The zero-order valence-electron chi connectivity index (χ0n) is 43.9. The summed E-state index contributed by atoms with van der Waals surface area (Å²) in [6, 6.07) is 39.7. The number of rotatable bonds is 13. The van der Waals surface area contributed by atoms with Gasteiger partial charge in [0.05, 0.1) is 14.2 Å². The molecule has 1 aromatic heterocycles. The number of aromatic hydroxyl groups is 1. The van der Waals surface area contributed by atoms with Crippen LogP contribution in [0.1, 0.15) is 110 Å². The third-order valence-corrected chi connectivity index (χ3v) is 12.4. The smallest absolute Gasteiger partial charge is 0.410 e. The second-order valence-corrected chi connectivity index (χ2v) is 20.3. The molecule has 4 amide bonds. The van der Waals surface area contributed by atoms with Gasteiger partial charge < -0.3 is 49.2 Å². The summed E-state index contributed by atoms with van der Waals surface area (Å²) in [4.78, 5) is 55.2. The van der Waals surface area contributed by atoms with Crippen molar-refractivity contribution in [1.82, 2.24) is 40.6 Å². The van der Waals surface area contributed by atoms with E-state index in [1.807, 2.05) is 96.1 Å². The van der Waals surface area contributed by atoms with E-state index in [0.29, 0.717) is 86.1 Å². The standard InChI is InChI=1S/C39H42N6O5.C18H26N2O5/c1-38(2,3)50-37(47)44-22-20-32(21-23-44)40-36(46)28-24-33(48-4)26-34(25-28)49-27-35-41-43-45(42-35)39(29-14-8-5-9-15-29,30-16-10-6-11-17-30)31-18-12-7-13-19-31;1-18(2,3)25-17(23)20-7-5-13(6-8-20)19-16(22)12-9-14(21)11-15(10-12)24-4/h5-19,24-26,32H,20-23,27H2,1-4H3,(H,40,46);9-11,13,21H,5-8H2,1-4H3,(H,19,22). The summed E-state index contributed by atoms with van der Waals surface area (Å²) in [5, 5.41) is 29.5. The first kappa shape index (κ1) is 54.6. The molecule has 0 spiro atoms. The van der Waals surface area contributed by atoms with Gasteiger partial charge in [-0.2, -0.15) is 0 Å². The Balaban J connectivity index is 0.000000275. The monoisotopic (exact) mass is 1020 g/mol. The van der Waals surface area contributed by atoms with Crippen LogP contribution in [0.2, 0.25) is 0 Å². The average Bonchev–Trinajstić information content (AvgIpc) is 3.87. The first-order chi connectivity index (χ1) is 35.8. The Hall–Kier alpha value is -8.15. The van der Waals surface area contributed by atoms with Crippen molar-refractivity contribution in [2.45, 2.75) is 103 Å². The molecule has 2 saturated heterocycles. The lowest BCUT2D eigenvalue weighted by Gasteiger charge is -2.34. The number of hydrogen-bond donors (Lipinski definition) is 3. The molecule has 0 unspecified atom stereocenters. The van der Waals surface area contributed by atoms with E-state index in [0.717, 1.165) is 16.7 Å². The Kier molecular flexibility index (Phi) is 17.7. The quantitative estimate of drug-likeness (QED) is 0.0926. The maximum absolute atomic E-state index is 13.4. The highest BCUT2D eigenvalue weighted by molar-refractivity contribution is 5.96. The van der Waals surface area contributed by atoms with Gasteiger partial charge in [-0.05, 0) is 113 Å². The Morgan fingerprint density at radius 2 is 0.973 bits per heavy atom. The van der Waals surface area contributed by atoms with Crippen LogP contribution >= 0.6 is 0 Å². The predicted molar refractivity (Wildman–Crippen MR) is 281 cm³/mol. The second-order valence-electron chi connectivity index (χ2n) is 20.3. The van der Waals surface area contributed by atoms with Gasteiger partial charge in [-0.25, -0.2) is 9.59 Å². The molecule has 2 aliphatic rings. The Labute approximate surface area is 438 Å². The van der Waals surface area contributed by atoms with Gasteiger partial charge in [-0.3, -0.25) is 9.59 Å². The van der Waals surface area contributed by atoms with Crippen LogP contribution in [0, 0.1) is 0 Å². The topological polar surface area (TPSA) is 209 Å². The van der Waals surface area contributed by atoms with Gasteiger partial charge in [-0.1, -0.05) is 91.0 Å². The van der Waals surface area contributed by atoms with E-state index in [-0.39, 0.29) is 48.4 Å². The minimum Gasteiger partial charge on any atom is -0.508 e. The van der Waals surface area contributed by atoms with Crippen LogP contribution < -0.4 is 24.8 Å². The normalized spacial score (nSPS) is 14.4. The van der Waals surface area contributed by atoms with Crippen LogP contribution in [0.4, 0.5) is 9.59 Å². The summed E-state index contributed by atoms with van der Waals surface area (Å²) in [7, 11) is 3.01. The average molecular weight is 1030 g/mol. The summed E-state index contributed by atoms with van der Waals surface area (Å²) < 4.78 is 27.6. The molecule has 396 valence electrons. The lowest BCUT2D eigenvalue weighted by Crippen LogP contribution is -2.47. The molecule has 0 saturated carbocycles. The maximum atomic E-state index is 13.4. The van der Waals surface area contributed by atoms with Gasteiger partial charge in [0.2, 0.25) is 5.82 Å². The third kappa shape index (κ3) is 14.5. The highest BCUT2D eigenvalue weighted by Crippen LogP contribution is 2.39. The highest BCUT2D eigenvalue weighted by Gasteiger charge is 2.41. The summed E-state index contributed by atoms with van der Waals surface area (Å²) in [6.45, 7) is 13.1. The molecule has 5 aromatic carbocycles. The summed E-state index contributed by atoms with van der Waals surface area (Å²) in [5.74, 6) is 1.12. The Bertz CT molecular complexity index is 2760. The molecular weight excluding hydrogens is 957 g/mol. The molecule has 18 nitrogen and oxygen atoms in total. The fraction of sp³-hybridized carbons (Fsp3) is 0.386. The minimum absolute atomic E-state index is 0.00575. The fourth-order valence-corrected chi connectivity index (χ4v) is 8.82. The van der Waals surface area contributed by atoms with Crippen molar-refractivity contribution in [2.24, 2.45) is 0 Å². The molecule has 2 fully saturated rings. The van der Waals surface area contributed by atoms with E-state index in [2.05, 4.69) is 57.3 Å². The Morgan fingerprint density at radius 3 is 1.39 bits per heavy atom. The lowest BCUT2D eigenvalue weighted by molar-refractivity contribution is 0.0187. The van der Waals surface area contributed by atoms with E-state index in [4.69, 9.17) is 28.8 Å². The fourth-order valence-electron chi connectivity index (χ4n) is 8.82. The van der Waals surface area contributed by atoms with E-state index < -0.39 is 16.7 Å². The predicted octanol–water partition coefficient (Wildman–Crippen LogP) is 8.76. The number of aromatic nitrogens is 4. The summed E-state index contributed by atoms with van der Waals surface area (Å²) in [6.07, 6.45) is 1.89. The van der Waals surface area contributed by atoms with Gasteiger partial charge in [0.1, 0.15) is 34.2 Å². The number of likely N-dealkylation sites (tertiary alicyclic amines) is 2. The van der Waals surface area contributed by atoms with E-state index in [1.54, 1.807) is 38.9 Å². The van der Waals surface area contributed by atoms with Crippen molar-refractivity contribution in [3.05, 3.63) is 161 Å². The number of phenols is 1. The summed E-state index contributed by atoms with van der Waals surface area (Å²) >= 11 is 0. The zero-order valence-corrected chi connectivity index (χ0v) is 43.9. The van der Waals surface area contributed by atoms with Gasteiger partial charge in [0.25, 0.3) is 11.8 Å². The van der Waals surface area contributed by atoms with Gasteiger partial charge in [-0.15, -0.1) is 15.0 Å². The van der Waals surface area contributed by atoms with Crippen LogP contribution in [0.25, 0.3) is 0 Å². The van der Waals surface area contributed by atoms with E-state index in [9.17, 15) is 24.3 Å². The summed E-state index contributed by atoms with van der Waals surface area (Å²) in [5.41, 5.74) is 1.67. The van der Waals surface area contributed by atoms with Gasteiger partial charge >= 0.3 is 12.2 Å².